The molecule has 0 radical (unpaired) electrons. The van der Waals surface area contributed by atoms with Crippen molar-refractivity contribution in [3.8, 4) is 5.75 Å². The van der Waals surface area contributed by atoms with Crippen LogP contribution in [0.5, 0.6) is 5.75 Å². The lowest BCUT2D eigenvalue weighted by Gasteiger charge is -2.30. The third-order valence-electron chi connectivity index (χ3n) is 5.11. The summed E-state index contributed by atoms with van der Waals surface area (Å²) in [6.07, 6.45) is 3.90. The zero-order chi connectivity index (χ0) is 20.1. The zero-order valence-electron chi connectivity index (χ0n) is 16.2. The predicted molar refractivity (Wildman–Crippen MR) is 110 cm³/mol. The Kier molecular flexibility index (Phi) is 6.36. The van der Waals surface area contributed by atoms with Crippen LogP contribution in [0.25, 0.3) is 0 Å². The molecule has 0 atom stereocenters. The fourth-order valence-corrected chi connectivity index (χ4v) is 4.35. The number of carbonyl (C=O) groups excluding carboxylic acids is 1. The highest BCUT2D eigenvalue weighted by molar-refractivity contribution is 7.88. The molecule has 0 aliphatic carbocycles. The zero-order valence-corrected chi connectivity index (χ0v) is 17.0. The van der Waals surface area contributed by atoms with Gasteiger partial charge in [-0.05, 0) is 55.0 Å². The Hall–Kier alpha value is -2.38. The Labute approximate surface area is 166 Å². The van der Waals surface area contributed by atoms with Crippen LogP contribution < -0.4 is 10.1 Å². The van der Waals surface area contributed by atoms with E-state index >= 15 is 0 Å². The van der Waals surface area contributed by atoms with Crippen molar-refractivity contribution in [2.75, 3.05) is 31.8 Å². The third-order valence-corrected chi connectivity index (χ3v) is 6.41. The van der Waals surface area contributed by atoms with Crippen molar-refractivity contribution < 1.29 is 17.9 Å². The Bertz CT molecular complexity index is 918. The molecule has 1 heterocycles. The minimum atomic E-state index is -3.09. The van der Waals surface area contributed by atoms with Crippen LogP contribution in [0.4, 0.5) is 5.69 Å². The number of benzene rings is 2. The molecule has 2 aromatic carbocycles. The number of hydrogen-bond donors (Lipinski definition) is 1. The number of piperidine rings is 1. The lowest BCUT2D eigenvalue weighted by molar-refractivity contribution is 0.102. The van der Waals surface area contributed by atoms with E-state index in [1.165, 1.54) is 6.26 Å². The van der Waals surface area contributed by atoms with Crippen LogP contribution in [-0.4, -0.2) is 45.1 Å². The standard InChI is InChI=1S/C21H26N2O4S/c1-27-20-5-3-4-19(15-20)22-21(24)18-8-6-16(7-9-18)14-17-10-12-23(13-11-17)28(2,25)26/h3-9,15,17H,10-14H2,1-2H3,(H,22,24). The van der Waals surface area contributed by atoms with Crippen molar-refractivity contribution in [3.63, 3.8) is 0 Å². The molecule has 6 nitrogen and oxygen atoms in total. The fourth-order valence-electron chi connectivity index (χ4n) is 3.47. The quantitative estimate of drug-likeness (QED) is 0.805. The number of sulfonamides is 1. The van der Waals surface area contributed by atoms with E-state index in [-0.39, 0.29) is 5.91 Å². The van der Waals surface area contributed by atoms with Crippen molar-refractivity contribution in [1.82, 2.24) is 4.31 Å². The normalized spacial score (nSPS) is 15.9. The van der Waals surface area contributed by atoms with Crippen LogP contribution in [0.1, 0.15) is 28.8 Å². The molecule has 150 valence electrons. The Balaban J connectivity index is 1.55. The summed E-state index contributed by atoms with van der Waals surface area (Å²) in [6, 6.07) is 14.9. The van der Waals surface area contributed by atoms with Gasteiger partial charge in [0, 0.05) is 30.4 Å². The van der Waals surface area contributed by atoms with Crippen molar-refractivity contribution in [2.45, 2.75) is 19.3 Å². The monoisotopic (exact) mass is 402 g/mol. The number of rotatable bonds is 6. The minimum Gasteiger partial charge on any atom is -0.497 e. The van der Waals surface area contributed by atoms with Gasteiger partial charge in [0.15, 0.2) is 0 Å². The number of nitrogens with one attached hydrogen (secondary N) is 1. The van der Waals surface area contributed by atoms with Gasteiger partial charge < -0.3 is 10.1 Å². The largest absolute Gasteiger partial charge is 0.497 e. The molecule has 1 fully saturated rings. The van der Waals surface area contributed by atoms with E-state index < -0.39 is 10.0 Å². The average Bonchev–Trinajstić information content (AvgIpc) is 2.68. The van der Waals surface area contributed by atoms with Gasteiger partial charge in [0.2, 0.25) is 10.0 Å². The molecule has 2 aromatic rings. The van der Waals surface area contributed by atoms with Gasteiger partial charge in [-0.1, -0.05) is 18.2 Å². The number of nitrogens with zero attached hydrogens (tertiary/aromatic N) is 1. The van der Waals surface area contributed by atoms with E-state index in [9.17, 15) is 13.2 Å². The van der Waals surface area contributed by atoms with Crippen LogP contribution in [0.2, 0.25) is 0 Å². The molecule has 3 rings (SSSR count). The average molecular weight is 403 g/mol. The summed E-state index contributed by atoms with van der Waals surface area (Å²) in [5.41, 5.74) is 2.44. The van der Waals surface area contributed by atoms with E-state index in [0.717, 1.165) is 24.8 Å². The fraction of sp³-hybridized carbons (Fsp3) is 0.381. The Morgan fingerprint density at radius 3 is 2.43 bits per heavy atom. The summed E-state index contributed by atoms with van der Waals surface area (Å²) in [5, 5.41) is 2.87. The highest BCUT2D eigenvalue weighted by atomic mass is 32.2. The second kappa shape index (κ2) is 8.75. The summed E-state index contributed by atoms with van der Waals surface area (Å²) >= 11 is 0. The molecule has 0 bridgehead atoms. The molecule has 1 aliphatic heterocycles. The van der Waals surface area contributed by atoms with Crippen LogP contribution in [0, 0.1) is 5.92 Å². The number of carbonyl (C=O) groups is 1. The number of methoxy groups -OCH3 is 1. The van der Waals surface area contributed by atoms with Crippen LogP contribution in [-0.2, 0) is 16.4 Å². The summed E-state index contributed by atoms with van der Waals surface area (Å²) in [7, 11) is -1.50. The summed E-state index contributed by atoms with van der Waals surface area (Å²) in [5.74, 6) is 0.991. The summed E-state index contributed by atoms with van der Waals surface area (Å²) in [4.78, 5) is 12.4. The number of amides is 1. The number of anilines is 1. The molecule has 0 unspecified atom stereocenters. The lowest BCUT2D eigenvalue weighted by atomic mass is 9.91. The second-order valence-electron chi connectivity index (χ2n) is 7.19. The molecule has 0 aromatic heterocycles. The maximum atomic E-state index is 12.4. The van der Waals surface area contributed by atoms with Gasteiger partial charge >= 0.3 is 0 Å². The smallest absolute Gasteiger partial charge is 0.255 e. The highest BCUT2D eigenvalue weighted by Crippen LogP contribution is 2.23. The molecular formula is C21H26N2O4S. The molecule has 0 spiro atoms. The molecule has 7 heteroatoms. The molecule has 28 heavy (non-hydrogen) atoms. The van der Waals surface area contributed by atoms with E-state index in [4.69, 9.17) is 4.74 Å². The predicted octanol–water partition coefficient (Wildman–Crippen LogP) is 3.16. The molecular weight excluding hydrogens is 376 g/mol. The molecule has 1 N–H and O–H groups in total. The first-order chi connectivity index (χ1) is 13.3. The van der Waals surface area contributed by atoms with Gasteiger partial charge in [-0.15, -0.1) is 0 Å². The second-order valence-corrected chi connectivity index (χ2v) is 9.17. The Morgan fingerprint density at radius 2 is 1.82 bits per heavy atom. The SMILES string of the molecule is COc1cccc(NC(=O)c2ccc(CC3CCN(S(C)(=O)=O)CC3)cc2)c1. The van der Waals surface area contributed by atoms with E-state index in [1.54, 1.807) is 17.5 Å². The highest BCUT2D eigenvalue weighted by Gasteiger charge is 2.24. The topological polar surface area (TPSA) is 75.7 Å². The molecule has 1 aliphatic rings. The van der Waals surface area contributed by atoms with Crippen molar-refractivity contribution in [2.24, 2.45) is 5.92 Å². The molecule has 0 saturated carbocycles. The van der Waals surface area contributed by atoms with Crippen molar-refractivity contribution in [3.05, 3.63) is 59.7 Å². The van der Waals surface area contributed by atoms with Crippen LogP contribution in [0.15, 0.2) is 48.5 Å². The van der Waals surface area contributed by atoms with E-state index in [0.29, 0.717) is 36.0 Å². The maximum Gasteiger partial charge on any atom is 0.255 e. The number of hydrogen-bond acceptors (Lipinski definition) is 4. The van der Waals surface area contributed by atoms with Gasteiger partial charge in [-0.25, -0.2) is 12.7 Å². The van der Waals surface area contributed by atoms with Gasteiger partial charge in [-0.3, -0.25) is 4.79 Å². The first-order valence-corrected chi connectivity index (χ1v) is 11.2. The molecule has 1 amide bonds. The first kappa shape index (κ1) is 20.4. The van der Waals surface area contributed by atoms with Gasteiger partial charge in [0.25, 0.3) is 5.91 Å². The Morgan fingerprint density at radius 1 is 1.14 bits per heavy atom. The van der Waals surface area contributed by atoms with Crippen LogP contribution in [0.3, 0.4) is 0 Å². The first-order valence-electron chi connectivity index (χ1n) is 9.34. The van der Waals surface area contributed by atoms with Gasteiger partial charge in [0.1, 0.15) is 5.75 Å². The van der Waals surface area contributed by atoms with E-state index in [1.807, 2.05) is 42.5 Å². The van der Waals surface area contributed by atoms with Crippen molar-refractivity contribution >= 4 is 21.6 Å². The lowest BCUT2D eigenvalue weighted by Crippen LogP contribution is -2.38. The summed E-state index contributed by atoms with van der Waals surface area (Å²) < 4.78 is 29.9. The number of ether oxygens (including phenoxy) is 1. The van der Waals surface area contributed by atoms with E-state index in [2.05, 4.69) is 5.32 Å². The van der Waals surface area contributed by atoms with Crippen molar-refractivity contribution in [1.29, 1.82) is 0 Å². The van der Waals surface area contributed by atoms with Gasteiger partial charge in [0.05, 0.1) is 13.4 Å². The van der Waals surface area contributed by atoms with Gasteiger partial charge in [-0.2, -0.15) is 0 Å². The molecule has 1 saturated heterocycles. The maximum absolute atomic E-state index is 12.4. The minimum absolute atomic E-state index is 0.165. The summed E-state index contributed by atoms with van der Waals surface area (Å²) in [6.45, 7) is 1.18. The van der Waals surface area contributed by atoms with Crippen LogP contribution >= 0.6 is 0 Å². The third kappa shape index (κ3) is 5.33.